The summed E-state index contributed by atoms with van der Waals surface area (Å²) in [7, 11) is 0. The molecule has 2 N–H and O–H groups in total. The zero-order chi connectivity index (χ0) is 18.5. The number of benzene rings is 1. The Balaban J connectivity index is 0.00000196. The zero-order valence-electron chi connectivity index (χ0n) is 17.0. The van der Waals surface area contributed by atoms with E-state index in [0.29, 0.717) is 5.69 Å². The van der Waals surface area contributed by atoms with Crippen LogP contribution in [0.3, 0.4) is 0 Å². The number of rotatable bonds is 6. The van der Waals surface area contributed by atoms with Crippen molar-refractivity contribution in [1.82, 2.24) is 25.6 Å². The molecule has 0 radical (unpaired) electrons. The number of hydrogen-bond donors (Lipinski definition) is 2. The smallest absolute Gasteiger partial charge is 1.00 e. The molecule has 0 saturated carbocycles. The first-order chi connectivity index (χ1) is 12.6. The molecule has 1 aromatic carbocycles. The molecule has 0 aliphatic rings. The number of hydrogen-bond acceptors (Lipinski definition) is 6. The number of carbonyl (C=O) groups is 1. The molecule has 0 spiro atoms. The molecule has 1 amide bonds. The number of nitrogens with one attached hydrogen (secondary N) is 2. The summed E-state index contributed by atoms with van der Waals surface area (Å²) in [6.45, 7) is 8.11. The molecule has 3 aromatic rings. The predicted molar refractivity (Wildman–Crippen MR) is 101 cm³/mol. The van der Waals surface area contributed by atoms with Gasteiger partial charge in [0.2, 0.25) is 0 Å². The van der Waals surface area contributed by atoms with Gasteiger partial charge in [-0.2, -0.15) is 5.21 Å². The molecule has 2 aromatic heterocycles. The number of pyridine rings is 1. The maximum absolute atomic E-state index is 12.4. The maximum atomic E-state index is 12.4. The van der Waals surface area contributed by atoms with E-state index in [1.54, 1.807) is 6.07 Å². The Morgan fingerprint density at radius 2 is 1.89 bits per heavy atom. The maximum Gasteiger partial charge on any atom is 1.00 e. The van der Waals surface area contributed by atoms with Gasteiger partial charge in [-0.1, -0.05) is 17.2 Å². The molecule has 0 bridgehead atoms. The van der Waals surface area contributed by atoms with Gasteiger partial charge >= 0.3 is 29.6 Å². The van der Waals surface area contributed by atoms with Gasteiger partial charge in [-0.15, -0.1) is 5.10 Å². The molecular formula is C18H22N7NaO. The summed E-state index contributed by atoms with van der Waals surface area (Å²) in [5.41, 5.74) is 4.12. The van der Waals surface area contributed by atoms with Crippen LogP contribution < -0.4 is 39.8 Å². The van der Waals surface area contributed by atoms with Crippen molar-refractivity contribution in [3.63, 3.8) is 0 Å². The minimum absolute atomic E-state index is 0. The Labute approximate surface area is 181 Å². The zero-order valence-corrected chi connectivity index (χ0v) is 18.0. The molecule has 2 heterocycles. The summed E-state index contributed by atoms with van der Waals surface area (Å²) >= 11 is 0. The number of aryl methyl sites for hydroxylation is 1. The van der Waals surface area contributed by atoms with Gasteiger partial charge in [-0.25, -0.2) is 4.98 Å². The minimum Gasteiger partial charge on any atom is -1.00 e. The monoisotopic (exact) mass is 375 g/mol. The van der Waals surface area contributed by atoms with Crippen LogP contribution in [0.5, 0.6) is 0 Å². The Hall–Kier alpha value is -2.29. The summed E-state index contributed by atoms with van der Waals surface area (Å²) in [6, 6.07) is 11.9. The van der Waals surface area contributed by atoms with Gasteiger partial charge in [0, 0.05) is 24.3 Å². The summed E-state index contributed by atoms with van der Waals surface area (Å²) in [6.07, 6.45) is 0. The van der Waals surface area contributed by atoms with E-state index in [1.165, 1.54) is 5.69 Å². The summed E-state index contributed by atoms with van der Waals surface area (Å²) in [5, 5.41) is 15.7. The van der Waals surface area contributed by atoms with E-state index in [-0.39, 0.29) is 42.8 Å². The number of carbonyl (C=O) groups excluding carboxylic acids is 1. The largest absolute Gasteiger partial charge is 1.00 e. The summed E-state index contributed by atoms with van der Waals surface area (Å²) < 4.78 is 0. The molecular weight excluding hydrogens is 353 g/mol. The Morgan fingerprint density at radius 1 is 1.19 bits per heavy atom. The van der Waals surface area contributed by atoms with Crippen molar-refractivity contribution < 1.29 is 35.8 Å². The Morgan fingerprint density at radius 3 is 2.48 bits per heavy atom. The van der Waals surface area contributed by atoms with Crippen LogP contribution >= 0.6 is 0 Å². The minimum atomic E-state index is -0.379. The molecule has 0 saturated heterocycles. The van der Waals surface area contributed by atoms with Gasteiger partial charge < -0.3 is 6.33 Å². The standard InChI is InChI=1S/C18H21N7O.Na.H/c1-4-25(5-2)14-8-6-13(7-9-14)15-10-12(3)11-16(19-15)17(26)20-18-21-23-24-22-18;;/h6-11H,4-5H2,1-3H3,(H2,20,21,22,23,24,26);;/q;+1;-1. The van der Waals surface area contributed by atoms with Crippen molar-refractivity contribution in [2.45, 2.75) is 20.8 Å². The summed E-state index contributed by atoms with van der Waals surface area (Å²) in [5.74, 6) is -0.264. The van der Waals surface area contributed by atoms with Crippen molar-refractivity contribution in [1.29, 1.82) is 0 Å². The van der Waals surface area contributed by atoms with E-state index in [2.05, 4.69) is 61.8 Å². The molecule has 8 nitrogen and oxygen atoms in total. The molecule has 0 unspecified atom stereocenters. The first kappa shape index (κ1) is 21.0. The average molecular weight is 375 g/mol. The second-order valence-corrected chi connectivity index (χ2v) is 5.82. The Bertz CT molecular complexity index is 883. The second-order valence-electron chi connectivity index (χ2n) is 5.82. The number of anilines is 2. The molecule has 3 rings (SSSR count). The van der Waals surface area contributed by atoms with E-state index in [9.17, 15) is 4.79 Å². The van der Waals surface area contributed by atoms with Gasteiger partial charge in [-0.3, -0.25) is 10.1 Å². The fraction of sp³-hybridized carbons (Fsp3) is 0.278. The SMILES string of the molecule is CCN(CC)c1ccc(-c2cc(C)cc(C(=O)Nc3nn[nH]n3)n2)cc1.[H-].[Na+]. The van der Waals surface area contributed by atoms with E-state index < -0.39 is 0 Å². The predicted octanol–water partition coefficient (Wildman–Crippen LogP) is -0.215. The number of aromatic nitrogens is 5. The molecule has 0 fully saturated rings. The first-order valence-corrected chi connectivity index (χ1v) is 8.49. The molecule has 0 aliphatic heterocycles. The number of tetrazole rings is 1. The van der Waals surface area contributed by atoms with Crippen LogP contribution in [0, 0.1) is 6.92 Å². The van der Waals surface area contributed by atoms with E-state index in [4.69, 9.17) is 0 Å². The van der Waals surface area contributed by atoms with E-state index >= 15 is 0 Å². The van der Waals surface area contributed by atoms with Crippen LogP contribution in [0.1, 0.15) is 31.3 Å². The fourth-order valence-corrected chi connectivity index (χ4v) is 2.74. The van der Waals surface area contributed by atoms with E-state index in [1.807, 2.05) is 25.1 Å². The van der Waals surface area contributed by atoms with Crippen LogP contribution in [-0.4, -0.2) is 44.6 Å². The molecule has 136 valence electrons. The van der Waals surface area contributed by atoms with Crippen LogP contribution in [-0.2, 0) is 0 Å². The second kappa shape index (κ2) is 9.59. The third-order valence-electron chi connectivity index (χ3n) is 4.06. The quantitative estimate of drug-likeness (QED) is 0.578. The van der Waals surface area contributed by atoms with Crippen molar-refractivity contribution in [3.8, 4) is 11.3 Å². The van der Waals surface area contributed by atoms with Crippen molar-refractivity contribution in [2.75, 3.05) is 23.3 Å². The van der Waals surface area contributed by atoms with Gasteiger partial charge in [0.15, 0.2) is 0 Å². The molecule has 0 aliphatic carbocycles. The van der Waals surface area contributed by atoms with Crippen molar-refractivity contribution >= 4 is 17.5 Å². The van der Waals surface area contributed by atoms with Crippen LogP contribution in [0.25, 0.3) is 11.3 Å². The molecule has 0 atom stereocenters. The Kier molecular flexibility index (Phi) is 7.46. The summed E-state index contributed by atoms with van der Waals surface area (Å²) in [4.78, 5) is 19.1. The van der Waals surface area contributed by atoms with Gasteiger partial charge in [0.1, 0.15) is 5.69 Å². The number of aromatic amines is 1. The van der Waals surface area contributed by atoms with Crippen LogP contribution in [0.15, 0.2) is 36.4 Å². The first-order valence-electron chi connectivity index (χ1n) is 8.49. The van der Waals surface area contributed by atoms with Gasteiger partial charge in [0.05, 0.1) is 5.69 Å². The third kappa shape index (κ3) is 5.12. The molecule has 27 heavy (non-hydrogen) atoms. The third-order valence-corrected chi connectivity index (χ3v) is 4.06. The average Bonchev–Trinajstić information content (AvgIpc) is 3.16. The van der Waals surface area contributed by atoms with Gasteiger partial charge in [0.25, 0.3) is 11.9 Å². The fourth-order valence-electron chi connectivity index (χ4n) is 2.74. The van der Waals surface area contributed by atoms with Crippen LogP contribution in [0.2, 0.25) is 0 Å². The normalized spacial score (nSPS) is 10.2. The number of nitrogens with zero attached hydrogens (tertiary/aromatic N) is 5. The number of amides is 1. The van der Waals surface area contributed by atoms with Crippen molar-refractivity contribution in [3.05, 3.63) is 47.7 Å². The topological polar surface area (TPSA) is 99.7 Å². The van der Waals surface area contributed by atoms with Crippen molar-refractivity contribution in [2.24, 2.45) is 0 Å². The van der Waals surface area contributed by atoms with Crippen LogP contribution in [0.4, 0.5) is 11.6 Å². The van der Waals surface area contributed by atoms with Gasteiger partial charge in [-0.05, 0) is 55.8 Å². The number of H-pyrrole nitrogens is 1. The van der Waals surface area contributed by atoms with E-state index in [0.717, 1.165) is 29.9 Å². The molecule has 9 heteroatoms.